The van der Waals surface area contributed by atoms with Gasteiger partial charge in [0.1, 0.15) is 0 Å². The summed E-state index contributed by atoms with van der Waals surface area (Å²) in [4.78, 5) is 2.53. The maximum Gasteiger partial charge on any atom is 0.0669 e. The monoisotopic (exact) mass is 236 g/mol. The summed E-state index contributed by atoms with van der Waals surface area (Å²) in [7, 11) is 0. The minimum absolute atomic E-state index is 0.189. The van der Waals surface area contributed by atoms with Gasteiger partial charge in [-0.05, 0) is 45.4 Å². The second kappa shape index (κ2) is 4.98. The molecule has 98 valence electrons. The molecule has 2 heteroatoms. The fourth-order valence-corrected chi connectivity index (χ4v) is 2.71. The summed E-state index contributed by atoms with van der Waals surface area (Å²) >= 11 is 0. The molecule has 0 aliphatic carbocycles. The van der Waals surface area contributed by atoms with Gasteiger partial charge in [0.2, 0.25) is 0 Å². The third-order valence-corrected chi connectivity index (χ3v) is 3.69. The molecule has 1 fully saturated rings. The van der Waals surface area contributed by atoms with Crippen molar-refractivity contribution in [1.29, 1.82) is 5.26 Å². The molecule has 0 amide bonds. The Labute approximate surface area is 107 Å². The van der Waals surface area contributed by atoms with Gasteiger partial charge in [0, 0.05) is 18.1 Å². The fraction of sp³-hybridized carbons (Fsp3) is 0.933. The first-order chi connectivity index (χ1) is 7.63. The van der Waals surface area contributed by atoms with E-state index in [9.17, 15) is 0 Å². The fourth-order valence-electron chi connectivity index (χ4n) is 2.71. The van der Waals surface area contributed by atoms with E-state index in [0.29, 0.717) is 11.5 Å². The van der Waals surface area contributed by atoms with E-state index >= 15 is 0 Å². The third-order valence-electron chi connectivity index (χ3n) is 3.69. The topological polar surface area (TPSA) is 27.0 Å². The average molecular weight is 236 g/mol. The summed E-state index contributed by atoms with van der Waals surface area (Å²) in [5.41, 5.74) is 0.586. The molecule has 1 saturated heterocycles. The number of rotatable bonds is 2. The van der Waals surface area contributed by atoms with Crippen LogP contribution in [-0.4, -0.2) is 23.0 Å². The van der Waals surface area contributed by atoms with Crippen molar-refractivity contribution in [3.63, 3.8) is 0 Å². The molecule has 2 nitrogen and oxygen atoms in total. The van der Waals surface area contributed by atoms with Gasteiger partial charge in [0.15, 0.2) is 0 Å². The van der Waals surface area contributed by atoms with Crippen LogP contribution in [0.3, 0.4) is 0 Å². The predicted octanol–water partition coefficient (Wildman–Crippen LogP) is 3.83. The van der Waals surface area contributed by atoms with Crippen LogP contribution >= 0.6 is 0 Å². The Morgan fingerprint density at radius 1 is 1.18 bits per heavy atom. The van der Waals surface area contributed by atoms with Crippen LogP contribution in [0.2, 0.25) is 0 Å². The van der Waals surface area contributed by atoms with Gasteiger partial charge in [-0.25, -0.2) is 0 Å². The van der Waals surface area contributed by atoms with Gasteiger partial charge in [-0.1, -0.05) is 20.8 Å². The van der Waals surface area contributed by atoms with Crippen molar-refractivity contribution in [2.45, 2.75) is 72.4 Å². The van der Waals surface area contributed by atoms with Crippen molar-refractivity contribution >= 4 is 0 Å². The molecule has 1 rings (SSSR count). The molecule has 2 unspecified atom stereocenters. The van der Waals surface area contributed by atoms with E-state index in [-0.39, 0.29) is 11.5 Å². The van der Waals surface area contributed by atoms with Gasteiger partial charge >= 0.3 is 0 Å². The van der Waals surface area contributed by atoms with Gasteiger partial charge in [0.05, 0.1) is 12.0 Å². The maximum atomic E-state index is 9.12. The average Bonchev–Trinajstić information content (AvgIpc) is 2.56. The van der Waals surface area contributed by atoms with Crippen LogP contribution in [0.25, 0.3) is 0 Å². The summed E-state index contributed by atoms with van der Waals surface area (Å²) in [5, 5.41) is 9.12. The molecule has 2 atom stereocenters. The molecule has 0 aromatic heterocycles. The Morgan fingerprint density at radius 2 is 1.76 bits per heavy atom. The zero-order valence-corrected chi connectivity index (χ0v) is 12.4. The normalized spacial score (nSPS) is 27.1. The molecule has 17 heavy (non-hydrogen) atoms. The second-order valence-corrected chi connectivity index (χ2v) is 7.64. The maximum absolute atomic E-state index is 9.12. The van der Waals surface area contributed by atoms with E-state index in [4.69, 9.17) is 5.26 Å². The minimum Gasteiger partial charge on any atom is -0.294 e. The Balaban J connectivity index is 2.65. The van der Waals surface area contributed by atoms with E-state index in [1.807, 2.05) is 0 Å². The van der Waals surface area contributed by atoms with E-state index in [1.165, 1.54) is 12.8 Å². The molecule has 0 bridgehead atoms. The lowest BCUT2D eigenvalue weighted by atomic mass is 9.87. The molecule has 0 aromatic rings. The highest BCUT2D eigenvalue weighted by molar-refractivity contribution is 4.99. The van der Waals surface area contributed by atoms with E-state index in [2.05, 4.69) is 52.5 Å². The zero-order chi connectivity index (χ0) is 13.3. The highest BCUT2D eigenvalue weighted by Crippen LogP contribution is 2.34. The zero-order valence-electron chi connectivity index (χ0n) is 12.4. The number of likely N-dealkylation sites (tertiary alicyclic amines) is 1. The van der Waals surface area contributed by atoms with Crippen molar-refractivity contribution in [2.24, 2.45) is 11.3 Å². The van der Waals surface area contributed by atoms with Crippen molar-refractivity contribution in [1.82, 2.24) is 4.90 Å². The van der Waals surface area contributed by atoms with Crippen molar-refractivity contribution < 1.29 is 0 Å². The first-order valence-electron chi connectivity index (χ1n) is 6.80. The minimum atomic E-state index is 0.189. The van der Waals surface area contributed by atoms with Crippen molar-refractivity contribution in [3.05, 3.63) is 0 Å². The Morgan fingerprint density at radius 3 is 2.18 bits per heavy atom. The molecular formula is C15H28N2. The van der Waals surface area contributed by atoms with Crippen LogP contribution in [-0.2, 0) is 0 Å². The van der Waals surface area contributed by atoms with Crippen LogP contribution < -0.4 is 0 Å². The van der Waals surface area contributed by atoms with Crippen LogP contribution in [0.15, 0.2) is 0 Å². The van der Waals surface area contributed by atoms with Crippen LogP contribution in [0, 0.1) is 22.7 Å². The Kier molecular flexibility index (Phi) is 4.25. The summed E-state index contributed by atoms with van der Waals surface area (Å²) < 4.78 is 0. The summed E-state index contributed by atoms with van der Waals surface area (Å²) in [6, 6.07) is 3.05. The van der Waals surface area contributed by atoms with Crippen LogP contribution in [0.5, 0.6) is 0 Å². The van der Waals surface area contributed by atoms with Gasteiger partial charge in [0.25, 0.3) is 0 Å². The summed E-state index contributed by atoms with van der Waals surface area (Å²) in [5.74, 6) is 0.235. The first kappa shape index (κ1) is 14.5. The quantitative estimate of drug-likeness (QED) is 0.728. The van der Waals surface area contributed by atoms with Crippen LogP contribution in [0.4, 0.5) is 0 Å². The Bertz CT molecular complexity index is 288. The Hall–Kier alpha value is -0.550. The molecule has 1 aliphatic rings. The largest absolute Gasteiger partial charge is 0.294 e. The van der Waals surface area contributed by atoms with E-state index < -0.39 is 0 Å². The van der Waals surface area contributed by atoms with Crippen molar-refractivity contribution in [2.75, 3.05) is 6.54 Å². The molecule has 1 aliphatic heterocycles. The third kappa shape index (κ3) is 4.32. The van der Waals surface area contributed by atoms with Gasteiger partial charge in [-0.2, -0.15) is 5.26 Å². The number of hydrogen-bond donors (Lipinski definition) is 0. The van der Waals surface area contributed by atoms with Gasteiger partial charge < -0.3 is 0 Å². The first-order valence-corrected chi connectivity index (χ1v) is 6.80. The SMILES string of the molecule is CC(C)(C)CCC1CC(C#N)CN1C(C)(C)C. The number of nitriles is 1. The number of nitrogens with zero attached hydrogens (tertiary/aromatic N) is 2. The predicted molar refractivity (Wildman–Crippen MR) is 72.7 cm³/mol. The highest BCUT2D eigenvalue weighted by atomic mass is 15.2. The lowest BCUT2D eigenvalue weighted by molar-refractivity contribution is 0.107. The van der Waals surface area contributed by atoms with Crippen molar-refractivity contribution in [3.8, 4) is 6.07 Å². The molecule has 0 N–H and O–H groups in total. The lowest BCUT2D eigenvalue weighted by Gasteiger charge is -2.37. The molecule has 0 spiro atoms. The molecule has 0 saturated carbocycles. The smallest absolute Gasteiger partial charge is 0.0669 e. The van der Waals surface area contributed by atoms with Gasteiger partial charge in [-0.15, -0.1) is 0 Å². The molecular weight excluding hydrogens is 208 g/mol. The molecule has 0 radical (unpaired) electrons. The van der Waals surface area contributed by atoms with E-state index in [1.54, 1.807) is 0 Å². The molecule has 1 heterocycles. The lowest BCUT2D eigenvalue weighted by Crippen LogP contribution is -2.44. The summed E-state index contributed by atoms with van der Waals surface area (Å²) in [6.07, 6.45) is 3.52. The van der Waals surface area contributed by atoms with Gasteiger partial charge in [-0.3, -0.25) is 4.90 Å². The standard InChI is InChI=1S/C15H28N2/c1-14(2,3)8-7-13-9-12(10-16)11-17(13)15(4,5)6/h12-13H,7-9,11H2,1-6H3. The highest BCUT2D eigenvalue weighted by Gasteiger charge is 2.38. The number of hydrogen-bond acceptors (Lipinski definition) is 2. The second-order valence-electron chi connectivity index (χ2n) is 7.64. The van der Waals surface area contributed by atoms with Crippen LogP contribution in [0.1, 0.15) is 60.8 Å². The summed E-state index contributed by atoms with van der Waals surface area (Å²) in [6.45, 7) is 14.6. The van der Waals surface area contributed by atoms with E-state index in [0.717, 1.165) is 13.0 Å². The molecule has 0 aromatic carbocycles.